The fourth-order valence-electron chi connectivity index (χ4n) is 3.38. The zero-order chi connectivity index (χ0) is 18.5. The molecule has 3 rings (SSSR count). The molecule has 2 aromatic carbocycles. The normalized spacial score (nSPS) is 14.9. The number of benzene rings is 2. The van der Waals surface area contributed by atoms with E-state index in [1.807, 2.05) is 29.2 Å². The number of piperidine rings is 1. The molecular weight excluding hydrogens is 330 g/mol. The Bertz CT molecular complexity index is 777. The van der Waals surface area contributed by atoms with Gasteiger partial charge in [0.1, 0.15) is 11.5 Å². The van der Waals surface area contributed by atoms with Gasteiger partial charge in [-0.2, -0.15) is 0 Å². The van der Waals surface area contributed by atoms with Gasteiger partial charge in [0.25, 0.3) is 0 Å². The van der Waals surface area contributed by atoms with Crippen molar-refractivity contribution in [3.05, 3.63) is 59.7 Å². The summed E-state index contributed by atoms with van der Waals surface area (Å²) in [4.78, 5) is 27.0. The van der Waals surface area contributed by atoms with Crippen LogP contribution >= 0.6 is 0 Å². The summed E-state index contributed by atoms with van der Waals surface area (Å²) >= 11 is 0. The largest absolute Gasteiger partial charge is 0.508 e. The van der Waals surface area contributed by atoms with Gasteiger partial charge in [0.15, 0.2) is 5.78 Å². The molecule has 5 nitrogen and oxygen atoms in total. The SMILES string of the molecule is COc1ccccc1CC(=O)N1CCC(C(=O)c2ccc(O)cc2)CC1. The number of methoxy groups -OCH3 is 1. The molecule has 0 saturated carbocycles. The third-order valence-corrected chi connectivity index (χ3v) is 4.90. The molecule has 1 aliphatic rings. The first-order valence-electron chi connectivity index (χ1n) is 8.81. The van der Waals surface area contributed by atoms with E-state index < -0.39 is 0 Å². The first kappa shape index (κ1) is 18.0. The van der Waals surface area contributed by atoms with Crippen molar-refractivity contribution in [3.8, 4) is 11.5 Å². The number of likely N-dealkylation sites (tertiary alicyclic amines) is 1. The molecule has 26 heavy (non-hydrogen) atoms. The van der Waals surface area contributed by atoms with Crippen molar-refractivity contribution in [2.75, 3.05) is 20.2 Å². The maximum absolute atomic E-state index is 12.6. The molecule has 2 aromatic rings. The number of amides is 1. The number of nitrogens with zero attached hydrogens (tertiary/aromatic N) is 1. The van der Waals surface area contributed by atoms with E-state index in [0.29, 0.717) is 37.9 Å². The van der Waals surface area contributed by atoms with Gasteiger partial charge in [-0.1, -0.05) is 18.2 Å². The summed E-state index contributed by atoms with van der Waals surface area (Å²) in [7, 11) is 1.60. The highest BCUT2D eigenvalue weighted by Crippen LogP contribution is 2.24. The number of para-hydroxylation sites is 1. The molecule has 1 N–H and O–H groups in total. The van der Waals surface area contributed by atoms with Gasteiger partial charge in [0.05, 0.1) is 13.5 Å². The summed E-state index contributed by atoms with van der Waals surface area (Å²) in [6, 6.07) is 13.9. The second-order valence-electron chi connectivity index (χ2n) is 6.55. The number of hydrogen-bond acceptors (Lipinski definition) is 4. The van der Waals surface area contributed by atoms with Crippen LogP contribution in [0, 0.1) is 5.92 Å². The number of ketones is 1. The first-order chi connectivity index (χ1) is 12.6. The van der Waals surface area contributed by atoms with Crippen LogP contribution in [-0.2, 0) is 11.2 Å². The summed E-state index contributed by atoms with van der Waals surface area (Å²) in [5.74, 6) is 0.943. The number of rotatable bonds is 5. The van der Waals surface area contributed by atoms with Crippen LogP contribution in [0.3, 0.4) is 0 Å². The summed E-state index contributed by atoms with van der Waals surface area (Å²) in [6.45, 7) is 1.17. The predicted octanol–water partition coefficient (Wildman–Crippen LogP) is 3.06. The average molecular weight is 353 g/mol. The number of hydrogen-bond donors (Lipinski definition) is 1. The minimum absolute atomic E-state index is 0.0602. The Morgan fingerprint density at radius 1 is 1.08 bits per heavy atom. The minimum Gasteiger partial charge on any atom is -0.508 e. The zero-order valence-corrected chi connectivity index (χ0v) is 14.9. The number of phenols is 1. The van der Waals surface area contributed by atoms with Gasteiger partial charge >= 0.3 is 0 Å². The highest BCUT2D eigenvalue weighted by Gasteiger charge is 2.28. The topological polar surface area (TPSA) is 66.8 Å². The Morgan fingerprint density at radius 2 is 1.73 bits per heavy atom. The number of carbonyl (C=O) groups excluding carboxylic acids is 2. The Hall–Kier alpha value is -2.82. The van der Waals surface area contributed by atoms with Gasteiger partial charge in [-0.25, -0.2) is 0 Å². The zero-order valence-electron chi connectivity index (χ0n) is 14.9. The van der Waals surface area contributed by atoms with E-state index in [1.165, 1.54) is 12.1 Å². The number of aromatic hydroxyl groups is 1. The van der Waals surface area contributed by atoms with Crippen LogP contribution in [0.4, 0.5) is 0 Å². The van der Waals surface area contributed by atoms with Crippen LogP contribution in [0.25, 0.3) is 0 Å². The van der Waals surface area contributed by atoms with Gasteiger partial charge in [-0.05, 0) is 43.2 Å². The molecule has 1 aliphatic heterocycles. The summed E-state index contributed by atoms with van der Waals surface area (Å²) in [5.41, 5.74) is 1.49. The van der Waals surface area contributed by atoms with Crippen LogP contribution in [0.15, 0.2) is 48.5 Å². The van der Waals surface area contributed by atoms with Gasteiger partial charge in [-0.15, -0.1) is 0 Å². The van der Waals surface area contributed by atoms with Crippen molar-refractivity contribution in [2.24, 2.45) is 5.92 Å². The number of ether oxygens (including phenoxy) is 1. The Labute approximate surface area is 153 Å². The van der Waals surface area contributed by atoms with Crippen LogP contribution in [0.5, 0.6) is 11.5 Å². The average Bonchev–Trinajstić information content (AvgIpc) is 2.68. The molecule has 136 valence electrons. The van der Waals surface area contributed by atoms with E-state index in [2.05, 4.69) is 0 Å². The number of phenolic OH excluding ortho intramolecular Hbond substituents is 1. The van der Waals surface area contributed by atoms with Crippen LogP contribution in [0.1, 0.15) is 28.8 Å². The standard InChI is InChI=1S/C21H23NO4/c1-26-19-5-3-2-4-17(19)14-20(24)22-12-10-16(11-13-22)21(25)15-6-8-18(23)9-7-15/h2-9,16,23H,10-14H2,1H3. The van der Waals surface area contributed by atoms with Crippen molar-refractivity contribution < 1.29 is 19.4 Å². The van der Waals surface area contributed by atoms with Crippen LogP contribution in [-0.4, -0.2) is 41.9 Å². The molecule has 1 amide bonds. The van der Waals surface area contributed by atoms with E-state index >= 15 is 0 Å². The molecule has 0 spiro atoms. The molecule has 0 radical (unpaired) electrons. The quantitative estimate of drug-likeness (QED) is 0.839. The van der Waals surface area contributed by atoms with E-state index in [9.17, 15) is 14.7 Å². The second kappa shape index (κ2) is 8.04. The van der Waals surface area contributed by atoms with Crippen molar-refractivity contribution in [3.63, 3.8) is 0 Å². The third-order valence-electron chi connectivity index (χ3n) is 4.90. The van der Waals surface area contributed by atoms with Crippen LogP contribution in [0.2, 0.25) is 0 Å². The lowest BCUT2D eigenvalue weighted by Gasteiger charge is -2.31. The third kappa shape index (κ3) is 4.04. The fraction of sp³-hybridized carbons (Fsp3) is 0.333. The smallest absolute Gasteiger partial charge is 0.227 e. The number of Topliss-reactive ketones (excluding diaryl/α,β-unsaturated/α-hetero) is 1. The van der Waals surface area contributed by atoms with Crippen LogP contribution < -0.4 is 4.74 Å². The highest BCUT2D eigenvalue weighted by atomic mass is 16.5. The molecule has 0 atom stereocenters. The molecule has 0 aromatic heterocycles. The van der Waals surface area contributed by atoms with Crippen molar-refractivity contribution in [2.45, 2.75) is 19.3 Å². The van der Waals surface area contributed by atoms with E-state index in [1.54, 1.807) is 19.2 Å². The summed E-state index contributed by atoms with van der Waals surface area (Å²) in [6.07, 6.45) is 1.63. The Balaban J connectivity index is 1.57. The molecule has 1 fully saturated rings. The lowest BCUT2D eigenvalue weighted by molar-refractivity contribution is -0.131. The molecule has 0 bridgehead atoms. The highest BCUT2D eigenvalue weighted by molar-refractivity contribution is 5.98. The lowest BCUT2D eigenvalue weighted by atomic mass is 9.88. The molecule has 0 unspecified atom stereocenters. The van der Waals surface area contributed by atoms with E-state index in [-0.39, 0.29) is 23.4 Å². The molecule has 1 heterocycles. The molecule has 5 heteroatoms. The van der Waals surface area contributed by atoms with Crippen molar-refractivity contribution in [1.29, 1.82) is 0 Å². The maximum Gasteiger partial charge on any atom is 0.227 e. The fourth-order valence-corrected chi connectivity index (χ4v) is 3.38. The minimum atomic E-state index is -0.0742. The van der Waals surface area contributed by atoms with E-state index in [0.717, 1.165) is 11.3 Å². The Kier molecular flexibility index (Phi) is 5.56. The van der Waals surface area contributed by atoms with Gasteiger partial charge in [-0.3, -0.25) is 9.59 Å². The summed E-state index contributed by atoms with van der Waals surface area (Å²) in [5, 5.41) is 9.34. The van der Waals surface area contributed by atoms with Crippen molar-refractivity contribution >= 4 is 11.7 Å². The maximum atomic E-state index is 12.6. The Morgan fingerprint density at radius 3 is 2.38 bits per heavy atom. The monoisotopic (exact) mass is 353 g/mol. The van der Waals surface area contributed by atoms with Gasteiger partial charge in [0.2, 0.25) is 5.91 Å². The van der Waals surface area contributed by atoms with Crippen molar-refractivity contribution in [1.82, 2.24) is 4.90 Å². The lowest BCUT2D eigenvalue weighted by Crippen LogP contribution is -2.41. The molecular formula is C21H23NO4. The predicted molar refractivity (Wildman–Crippen MR) is 98.4 cm³/mol. The molecule has 0 aliphatic carbocycles. The van der Waals surface area contributed by atoms with Gasteiger partial charge in [0, 0.05) is 30.1 Å². The second-order valence-corrected chi connectivity index (χ2v) is 6.55. The molecule has 1 saturated heterocycles. The van der Waals surface area contributed by atoms with Gasteiger partial charge < -0.3 is 14.7 Å². The number of carbonyl (C=O) groups is 2. The summed E-state index contributed by atoms with van der Waals surface area (Å²) < 4.78 is 5.31. The van der Waals surface area contributed by atoms with E-state index in [4.69, 9.17) is 4.74 Å². The first-order valence-corrected chi connectivity index (χ1v) is 8.81.